The number of sulfonamides is 1. The van der Waals surface area contributed by atoms with E-state index in [2.05, 4.69) is 10.0 Å². The summed E-state index contributed by atoms with van der Waals surface area (Å²) < 4.78 is 67.3. The van der Waals surface area contributed by atoms with Crippen LogP contribution < -0.4 is 15.8 Å². The molecular formula is C18H18F3N3O4S. The molecule has 3 rings (SSSR count). The molecule has 2 aromatic rings. The van der Waals surface area contributed by atoms with E-state index < -0.39 is 45.5 Å². The van der Waals surface area contributed by atoms with Gasteiger partial charge in [0, 0.05) is 29.4 Å². The van der Waals surface area contributed by atoms with Crippen LogP contribution in [0, 0.1) is 17.5 Å². The number of amides is 1. The predicted octanol–water partition coefficient (Wildman–Crippen LogP) is 2.13. The minimum absolute atomic E-state index is 0.105. The third kappa shape index (κ3) is 4.69. The lowest BCUT2D eigenvalue weighted by Gasteiger charge is -2.15. The molecule has 0 radical (unpaired) electrons. The Morgan fingerprint density at radius 1 is 1.10 bits per heavy atom. The van der Waals surface area contributed by atoms with Crippen LogP contribution in [0.4, 0.5) is 24.5 Å². The number of carbonyl (C=O) groups is 1. The summed E-state index contributed by atoms with van der Waals surface area (Å²) in [5, 5.41) is 11.7. The van der Waals surface area contributed by atoms with Gasteiger partial charge in [-0.1, -0.05) is 0 Å². The molecule has 1 fully saturated rings. The second kappa shape index (κ2) is 8.01. The fourth-order valence-electron chi connectivity index (χ4n) is 3.09. The first-order chi connectivity index (χ1) is 13.6. The fourth-order valence-corrected chi connectivity index (χ4v) is 4.53. The highest BCUT2D eigenvalue weighted by Gasteiger charge is 2.29. The second-order valence-corrected chi connectivity index (χ2v) is 8.43. The molecule has 0 heterocycles. The van der Waals surface area contributed by atoms with Crippen LogP contribution in [-0.4, -0.2) is 31.6 Å². The van der Waals surface area contributed by atoms with Crippen LogP contribution in [0.1, 0.15) is 29.6 Å². The summed E-state index contributed by atoms with van der Waals surface area (Å²) in [5.41, 5.74) is 5.16. The van der Waals surface area contributed by atoms with E-state index in [4.69, 9.17) is 5.73 Å². The summed E-state index contributed by atoms with van der Waals surface area (Å²) in [5.74, 6) is -5.51. The molecule has 0 saturated heterocycles. The Bertz CT molecular complexity index is 1040. The molecule has 5 N–H and O–H groups in total. The Morgan fingerprint density at radius 3 is 2.34 bits per heavy atom. The third-order valence-corrected chi connectivity index (χ3v) is 6.11. The van der Waals surface area contributed by atoms with E-state index in [0.29, 0.717) is 25.0 Å². The van der Waals surface area contributed by atoms with Crippen molar-refractivity contribution in [1.82, 2.24) is 4.72 Å². The van der Waals surface area contributed by atoms with Crippen LogP contribution >= 0.6 is 0 Å². The van der Waals surface area contributed by atoms with Crippen molar-refractivity contribution in [3.8, 4) is 0 Å². The molecule has 1 aliphatic carbocycles. The van der Waals surface area contributed by atoms with E-state index in [9.17, 15) is 31.5 Å². The van der Waals surface area contributed by atoms with Crippen LogP contribution in [-0.2, 0) is 10.0 Å². The lowest BCUT2D eigenvalue weighted by molar-refractivity contribution is 0.102. The van der Waals surface area contributed by atoms with Gasteiger partial charge in [-0.25, -0.2) is 26.3 Å². The van der Waals surface area contributed by atoms with Gasteiger partial charge in [-0.3, -0.25) is 4.79 Å². The van der Waals surface area contributed by atoms with Crippen molar-refractivity contribution >= 4 is 27.3 Å². The average Bonchev–Trinajstić information content (AvgIpc) is 3.03. The first-order valence-electron chi connectivity index (χ1n) is 8.62. The number of rotatable bonds is 5. The summed E-state index contributed by atoms with van der Waals surface area (Å²) in [4.78, 5) is 12.0. The monoisotopic (exact) mass is 429 g/mol. The normalized spacial score (nSPS) is 19.3. The van der Waals surface area contributed by atoms with Gasteiger partial charge >= 0.3 is 0 Å². The lowest BCUT2D eigenvalue weighted by atomic mass is 10.2. The first-order valence-corrected chi connectivity index (χ1v) is 10.1. The van der Waals surface area contributed by atoms with Crippen molar-refractivity contribution in [3.63, 3.8) is 0 Å². The molecule has 7 nitrogen and oxygen atoms in total. The molecule has 2 unspecified atom stereocenters. The number of anilines is 2. The SMILES string of the molecule is Nc1ccc(C(=O)Nc2cc(F)c(F)c(F)c2)cc1S(=O)(=O)NC1CCC(O)C1. The maximum Gasteiger partial charge on any atom is 0.255 e. The van der Waals surface area contributed by atoms with Gasteiger partial charge in [-0.05, 0) is 37.5 Å². The summed E-state index contributed by atoms with van der Waals surface area (Å²) in [6, 6.07) is 4.19. The number of aliphatic hydroxyl groups excluding tert-OH is 1. The number of benzene rings is 2. The molecule has 29 heavy (non-hydrogen) atoms. The third-order valence-electron chi connectivity index (χ3n) is 4.53. The number of nitrogens with one attached hydrogen (secondary N) is 2. The summed E-state index contributed by atoms with van der Waals surface area (Å²) >= 11 is 0. The quantitative estimate of drug-likeness (QED) is 0.429. The molecule has 2 atom stereocenters. The van der Waals surface area contributed by atoms with Crippen molar-refractivity contribution in [2.75, 3.05) is 11.1 Å². The zero-order valence-electron chi connectivity index (χ0n) is 15.0. The largest absolute Gasteiger partial charge is 0.398 e. The molecule has 1 aliphatic rings. The maximum absolute atomic E-state index is 13.3. The predicted molar refractivity (Wildman–Crippen MR) is 99.1 cm³/mol. The van der Waals surface area contributed by atoms with Crippen LogP contribution in [0.25, 0.3) is 0 Å². The van der Waals surface area contributed by atoms with Crippen LogP contribution in [0.5, 0.6) is 0 Å². The second-order valence-electron chi connectivity index (χ2n) is 6.75. The Balaban J connectivity index is 1.83. The summed E-state index contributed by atoms with van der Waals surface area (Å²) in [6.45, 7) is 0. The minimum atomic E-state index is -4.08. The topological polar surface area (TPSA) is 122 Å². The van der Waals surface area contributed by atoms with Crippen molar-refractivity contribution in [2.45, 2.75) is 36.3 Å². The van der Waals surface area contributed by atoms with E-state index in [1.165, 1.54) is 12.1 Å². The van der Waals surface area contributed by atoms with Gasteiger partial charge in [-0.2, -0.15) is 0 Å². The van der Waals surface area contributed by atoms with Gasteiger partial charge in [0.2, 0.25) is 10.0 Å². The van der Waals surface area contributed by atoms with E-state index in [0.717, 1.165) is 6.07 Å². The molecule has 0 aromatic heterocycles. The van der Waals surface area contributed by atoms with E-state index in [1.54, 1.807) is 0 Å². The maximum atomic E-state index is 13.3. The van der Waals surface area contributed by atoms with Gasteiger partial charge in [0.05, 0.1) is 11.8 Å². The Morgan fingerprint density at radius 2 is 1.76 bits per heavy atom. The average molecular weight is 429 g/mol. The molecular weight excluding hydrogens is 411 g/mol. The number of halogens is 3. The van der Waals surface area contributed by atoms with Gasteiger partial charge in [0.25, 0.3) is 5.91 Å². The lowest BCUT2D eigenvalue weighted by Crippen LogP contribution is -2.34. The Labute approximate surface area is 164 Å². The van der Waals surface area contributed by atoms with Crippen molar-refractivity contribution in [3.05, 3.63) is 53.3 Å². The zero-order valence-corrected chi connectivity index (χ0v) is 15.8. The Kier molecular flexibility index (Phi) is 5.82. The molecule has 0 spiro atoms. The van der Waals surface area contributed by atoms with Crippen LogP contribution in [0.15, 0.2) is 35.2 Å². The highest BCUT2D eigenvalue weighted by Crippen LogP contribution is 2.25. The van der Waals surface area contributed by atoms with E-state index in [1.807, 2.05) is 0 Å². The molecule has 1 amide bonds. The van der Waals surface area contributed by atoms with Crippen molar-refractivity contribution < 1.29 is 31.5 Å². The summed E-state index contributed by atoms with van der Waals surface area (Å²) in [6.07, 6.45) is 0.604. The number of nitrogens with two attached hydrogens (primary N) is 1. The van der Waals surface area contributed by atoms with Crippen molar-refractivity contribution in [1.29, 1.82) is 0 Å². The highest BCUT2D eigenvalue weighted by molar-refractivity contribution is 7.89. The molecule has 0 aliphatic heterocycles. The van der Waals surface area contributed by atoms with Crippen LogP contribution in [0.3, 0.4) is 0 Å². The zero-order chi connectivity index (χ0) is 21.3. The van der Waals surface area contributed by atoms with E-state index in [-0.39, 0.29) is 28.3 Å². The van der Waals surface area contributed by atoms with E-state index >= 15 is 0 Å². The van der Waals surface area contributed by atoms with Gasteiger partial charge in [-0.15, -0.1) is 0 Å². The summed E-state index contributed by atoms with van der Waals surface area (Å²) in [7, 11) is -4.08. The van der Waals surface area contributed by atoms with Crippen LogP contribution in [0.2, 0.25) is 0 Å². The van der Waals surface area contributed by atoms with Gasteiger partial charge in [0.15, 0.2) is 17.5 Å². The number of hydrogen-bond acceptors (Lipinski definition) is 5. The smallest absolute Gasteiger partial charge is 0.255 e. The highest BCUT2D eigenvalue weighted by atomic mass is 32.2. The molecule has 11 heteroatoms. The van der Waals surface area contributed by atoms with Gasteiger partial charge < -0.3 is 16.2 Å². The molecule has 0 bridgehead atoms. The van der Waals surface area contributed by atoms with Crippen molar-refractivity contribution in [2.24, 2.45) is 0 Å². The Hall–Kier alpha value is -2.63. The standard InChI is InChI=1S/C18H18F3N3O4S/c19-13-7-11(8-14(20)17(13)21)23-18(26)9-1-4-15(22)16(5-9)29(27,28)24-10-2-3-12(25)6-10/h1,4-5,7-8,10,12,24-25H,2-3,6,22H2,(H,23,26). The fraction of sp³-hybridized carbons (Fsp3) is 0.278. The number of hydrogen-bond donors (Lipinski definition) is 4. The number of carbonyl (C=O) groups excluding carboxylic acids is 1. The molecule has 1 saturated carbocycles. The minimum Gasteiger partial charge on any atom is -0.398 e. The first kappa shape index (κ1) is 21.1. The molecule has 156 valence electrons. The number of nitrogen functional groups attached to an aromatic ring is 1. The molecule has 2 aromatic carbocycles. The number of aliphatic hydroxyl groups is 1. The van der Waals surface area contributed by atoms with Gasteiger partial charge in [0.1, 0.15) is 4.90 Å².